The second-order valence-corrected chi connectivity index (χ2v) is 5.06. The summed E-state index contributed by atoms with van der Waals surface area (Å²) in [4.78, 5) is 15.7. The van der Waals surface area contributed by atoms with Gasteiger partial charge in [-0.05, 0) is 32.1 Å². The van der Waals surface area contributed by atoms with Gasteiger partial charge in [-0.2, -0.15) is 0 Å². The van der Waals surface area contributed by atoms with Crippen LogP contribution in [0.4, 0.5) is 0 Å². The van der Waals surface area contributed by atoms with Gasteiger partial charge in [0.1, 0.15) is 0 Å². The summed E-state index contributed by atoms with van der Waals surface area (Å²) in [7, 11) is 0. The first-order chi connectivity index (χ1) is 7.75. The number of allylic oxidation sites excluding steroid dienone is 2. The van der Waals surface area contributed by atoms with Crippen molar-refractivity contribution in [2.24, 2.45) is 5.92 Å². The molecule has 0 spiro atoms. The zero-order chi connectivity index (χ0) is 11.4. The molecule has 0 bridgehead atoms. The molecule has 1 heterocycles. The number of carbonyl (C=O) groups excluding carboxylic acids is 1. The maximum absolute atomic E-state index is 11.6. The quantitative estimate of drug-likeness (QED) is 0.599. The number of hydrogen-bond acceptors (Lipinski definition) is 4. The summed E-state index contributed by atoms with van der Waals surface area (Å²) in [6, 6.07) is 0. The predicted octanol–water partition coefficient (Wildman–Crippen LogP) is 2.96. The van der Waals surface area contributed by atoms with Crippen molar-refractivity contribution in [2.75, 3.05) is 6.61 Å². The number of esters is 1. The van der Waals surface area contributed by atoms with Crippen molar-refractivity contribution < 1.29 is 9.53 Å². The molecule has 1 aromatic heterocycles. The van der Waals surface area contributed by atoms with Crippen LogP contribution in [0.15, 0.2) is 17.5 Å². The number of nitrogens with zero attached hydrogens (tertiary/aromatic N) is 1. The van der Waals surface area contributed by atoms with Crippen LogP contribution >= 0.6 is 11.3 Å². The Morgan fingerprint density at radius 1 is 1.62 bits per heavy atom. The molecular weight excluding hydrogens is 222 g/mol. The SMILES string of the molecule is Cc1nc(C(=O)OCC2CC=CCC2)cs1. The molecule has 4 heteroatoms. The standard InChI is InChI=1S/C12H15NO2S/c1-9-13-11(8-16-9)12(14)15-7-10-5-3-2-4-6-10/h2-3,8,10H,4-7H2,1H3. The van der Waals surface area contributed by atoms with Gasteiger partial charge >= 0.3 is 5.97 Å². The Morgan fingerprint density at radius 3 is 3.12 bits per heavy atom. The fourth-order valence-electron chi connectivity index (χ4n) is 1.73. The summed E-state index contributed by atoms with van der Waals surface area (Å²) in [6.07, 6.45) is 7.57. The Balaban J connectivity index is 1.81. The molecule has 1 aliphatic carbocycles. The smallest absolute Gasteiger partial charge is 0.357 e. The zero-order valence-corrected chi connectivity index (χ0v) is 10.1. The number of carbonyl (C=O) groups is 1. The number of aryl methyl sites for hydroxylation is 1. The van der Waals surface area contributed by atoms with Crippen molar-refractivity contribution in [2.45, 2.75) is 26.2 Å². The lowest BCUT2D eigenvalue weighted by molar-refractivity contribution is 0.0426. The van der Waals surface area contributed by atoms with Gasteiger partial charge in [0.15, 0.2) is 5.69 Å². The van der Waals surface area contributed by atoms with Crippen molar-refractivity contribution in [1.29, 1.82) is 0 Å². The molecule has 0 fully saturated rings. The first-order valence-electron chi connectivity index (χ1n) is 5.50. The molecule has 0 aromatic carbocycles. The normalized spacial score (nSPS) is 19.7. The largest absolute Gasteiger partial charge is 0.461 e. The second-order valence-electron chi connectivity index (χ2n) is 4.00. The van der Waals surface area contributed by atoms with Crippen LogP contribution in [0.1, 0.15) is 34.8 Å². The Bertz CT molecular complexity index is 397. The van der Waals surface area contributed by atoms with E-state index < -0.39 is 0 Å². The number of ether oxygens (including phenoxy) is 1. The Labute approximate surface area is 99.2 Å². The van der Waals surface area contributed by atoms with Crippen molar-refractivity contribution >= 4 is 17.3 Å². The van der Waals surface area contributed by atoms with Crippen molar-refractivity contribution in [3.63, 3.8) is 0 Å². The molecule has 0 saturated heterocycles. The summed E-state index contributed by atoms with van der Waals surface area (Å²) in [5, 5.41) is 2.64. The van der Waals surface area contributed by atoms with E-state index in [0.717, 1.165) is 24.3 Å². The van der Waals surface area contributed by atoms with E-state index in [9.17, 15) is 4.79 Å². The molecule has 2 rings (SSSR count). The summed E-state index contributed by atoms with van der Waals surface area (Å²) in [5.74, 6) is 0.188. The topological polar surface area (TPSA) is 39.2 Å². The Kier molecular flexibility index (Phi) is 3.72. The Hall–Kier alpha value is -1.16. The number of hydrogen-bond donors (Lipinski definition) is 0. The van der Waals surface area contributed by atoms with Gasteiger partial charge in [-0.25, -0.2) is 9.78 Å². The highest BCUT2D eigenvalue weighted by atomic mass is 32.1. The molecule has 0 N–H and O–H groups in total. The fourth-order valence-corrected chi connectivity index (χ4v) is 2.31. The minimum atomic E-state index is -0.293. The average molecular weight is 237 g/mol. The number of rotatable bonds is 3. The van der Waals surface area contributed by atoms with E-state index in [2.05, 4.69) is 17.1 Å². The third-order valence-electron chi connectivity index (χ3n) is 2.66. The van der Waals surface area contributed by atoms with E-state index in [0.29, 0.717) is 18.2 Å². The molecule has 1 aromatic rings. The highest BCUT2D eigenvalue weighted by molar-refractivity contribution is 7.09. The Morgan fingerprint density at radius 2 is 2.50 bits per heavy atom. The summed E-state index contributed by atoms with van der Waals surface area (Å²) in [5.41, 5.74) is 0.439. The first kappa shape index (κ1) is 11.3. The van der Waals surface area contributed by atoms with Gasteiger partial charge in [-0.15, -0.1) is 11.3 Å². The van der Waals surface area contributed by atoms with Crippen molar-refractivity contribution in [1.82, 2.24) is 4.98 Å². The van der Waals surface area contributed by atoms with Crippen LogP contribution in [-0.2, 0) is 4.74 Å². The van der Waals surface area contributed by atoms with Gasteiger partial charge in [0.05, 0.1) is 11.6 Å². The maximum atomic E-state index is 11.6. The van der Waals surface area contributed by atoms with E-state index in [4.69, 9.17) is 4.74 Å². The molecule has 1 unspecified atom stereocenters. The first-order valence-corrected chi connectivity index (χ1v) is 6.38. The van der Waals surface area contributed by atoms with E-state index >= 15 is 0 Å². The molecule has 16 heavy (non-hydrogen) atoms. The zero-order valence-electron chi connectivity index (χ0n) is 9.31. The van der Waals surface area contributed by atoms with Gasteiger partial charge in [-0.3, -0.25) is 0 Å². The van der Waals surface area contributed by atoms with Crippen molar-refractivity contribution in [3.8, 4) is 0 Å². The summed E-state index contributed by atoms with van der Waals surface area (Å²) in [6.45, 7) is 2.40. The third kappa shape index (κ3) is 2.92. The average Bonchev–Trinajstić information content (AvgIpc) is 2.74. The van der Waals surface area contributed by atoms with E-state index in [-0.39, 0.29) is 5.97 Å². The van der Waals surface area contributed by atoms with Crippen LogP contribution in [0.25, 0.3) is 0 Å². The molecule has 1 atom stereocenters. The minimum Gasteiger partial charge on any atom is -0.461 e. The van der Waals surface area contributed by atoms with Crippen LogP contribution < -0.4 is 0 Å². The monoisotopic (exact) mass is 237 g/mol. The number of thiazole rings is 1. The lowest BCUT2D eigenvalue weighted by Crippen LogP contribution is -2.15. The van der Waals surface area contributed by atoms with Crippen LogP contribution in [0.5, 0.6) is 0 Å². The third-order valence-corrected chi connectivity index (χ3v) is 3.43. The van der Waals surface area contributed by atoms with E-state index in [1.165, 1.54) is 11.3 Å². The lowest BCUT2D eigenvalue weighted by atomic mass is 9.95. The maximum Gasteiger partial charge on any atom is 0.357 e. The van der Waals surface area contributed by atoms with Crippen molar-refractivity contribution in [3.05, 3.63) is 28.2 Å². The van der Waals surface area contributed by atoms with E-state index in [1.54, 1.807) is 5.38 Å². The lowest BCUT2D eigenvalue weighted by Gasteiger charge is -2.16. The highest BCUT2D eigenvalue weighted by Gasteiger charge is 2.15. The summed E-state index contributed by atoms with van der Waals surface area (Å²) >= 11 is 1.47. The molecule has 0 amide bonds. The van der Waals surface area contributed by atoms with Gasteiger partial charge < -0.3 is 4.74 Å². The van der Waals surface area contributed by atoms with Gasteiger partial charge in [0, 0.05) is 5.38 Å². The molecule has 86 valence electrons. The molecule has 0 aliphatic heterocycles. The molecule has 3 nitrogen and oxygen atoms in total. The van der Waals surface area contributed by atoms with Crippen LogP contribution in [0, 0.1) is 12.8 Å². The predicted molar refractivity (Wildman–Crippen MR) is 63.6 cm³/mol. The van der Waals surface area contributed by atoms with Crippen LogP contribution in [-0.4, -0.2) is 17.6 Å². The van der Waals surface area contributed by atoms with Gasteiger partial charge in [0.2, 0.25) is 0 Å². The highest BCUT2D eigenvalue weighted by Crippen LogP contribution is 2.19. The van der Waals surface area contributed by atoms with Crippen LogP contribution in [0.3, 0.4) is 0 Å². The molecule has 0 radical (unpaired) electrons. The fraction of sp³-hybridized carbons (Fsp3) is 0.500. The van der Waals surface area contributed by atoms with Crippen LogP contribution in [0.2, 0.25) is 0 Å². The molecular formula is C12H15NO2S. The van der Waals surface area contributed by atoms with Gasteiger partial charge in [0.25, 0.3) is 0 Å². The van der Waals surface area contributed by atoms with E-state index in [1.807, 2.05) is 6.92 Å². The second kappa shape index (κ2) is 5.25. The number of aromatic nitrogens is 1. The molecule has 1 aliphatic rings. The van der Waals surface area contributed by atoms with Gasteiger partial charge in [-0.1, -0.05) is 12.2 Å². The summed E-state index contributed by atoms with van der Waals surface area (Å²) < 4.78 is 5.25. The molecule has 0 saturated carbocycles. The minimum absolute atomic E-state index is 0.293.